The minimum Gasteiger partial charge on any atom is -0.357 e. The highest BCUT2D eigenvalue weighted by Gasteiger charge is 2.21. The van der Waals surface area contributed by atoms with Crippen LogP contribution in [0.3, 0.4) is 0 Å². The molecule has 1 aromatic heterocycles. The van der Waals surface area contributed by atoms with E-state index in [0.29, 0.717) is 5.88 Å². The predicted molar refractivity (Wildman–Crippen MR) is 86.7 cm³/mol. The van der Waals surface area contributed by atoms with Crippen molar-refractivity contribution in [3.05, 3.63) is 23.4 Å². The number of halogens is 1. The number of rotatable bonds is 5. The number of hydrogen-bond donors (Lipinski definition) is 0. The number of pyridine rings is 1. The molecule has 0 saturated carbocycles. The zero-order chi connectivity index (χ0) is 14.5. The van der Waals surface area contributed by atoms with Gasteiger partial charge in [0, 0.05) is 31.2 Å². The van der Waals surface area contributed by atoms with Gasteiger partial charge < -0.3 is 9.80 Å². The fraction of sp³-hybridized carbons (Fsp3) is 0.688. The van der Waals surface area contributed by atoms with Crippen LogP contribution >= 0.6 is 11.6 Å². The second kappa shape index (κ2) is 7.28. The summed E-state index contributed by atoms with van der Waals surface area (Å²) in [6, 6.07) is 4.27. The van der Waals surface area contributed by atoms with E-state index in [1.54, 1.807) is 0 Å². The summed E-state index contributed by atoms with van der Waals surface area (Å²) in [5.74, 6) is 2.51. The monoisotopic (exact) mass is 295 g/mol. The maximum absolute atomic E-state index is 6.00. The lowest BCUT2D eigenvalue weighted by molar-refractivity contribution is 0.284. The molecule has 0 bridgehead atoms. The van der Waals surface area contributed by atoms with E-state index in [2.05, 4.69) is 43.0 Å². The van der Waals surface area contributed by atoms with E-state index in [0.717, 1.165) is 36.9 Å². The molecule has 20 heavy (non-hydrogen) atoms. The fourth-order valence-corrected chi connectivity index (χ4v) is 3.07. The number of alkyl halides is 1. The van der Waals surface area contributed by atoms with E-state index < -0.39 is 0 Å². The first-order valence-electron chi connectivity index (χ1n) is 7.57. The molecule has 0 aliphatic carbocycles. The number of nitrogens with zero attached hydrogens (tertiary/aromatic N) is 3. The lowest BCUT2D eigenvalue weighted by Crippen LogP contribution is -2.37. The zero-order valence-corrected chi connectivity index (χ0v) is 13.7. The molecule has 1 saturated heterocycles. The van der Waals surface area contributed by atoms with Crippen LogP contribution in [0, 0.1) is 5.92 Å². The van der Waals surface area contributed by atoms with Gasteiger partial charge in [-0.05, 0) is 57.0 Å². The minimum absolute atomic E-state index is 0.569. The molecule has 1 aromatic rings. The highest BCUT2D eigenvalue weighted by atomic mass is 35.5. The van der Waals surface area contributed by atoms with E-state index in [-0.39, 0.29) is 0 Å². The molecular formula is C16H26ClN3. The molecule has 112 valence electrons. The topological polar surface area (TPSA) is 19.4 Å². The van der Waals surface area contributed by atoms with Crippen molar-refractivity contribution >= 4 is 17.4 Å². The largest absolute Gasteiger partial charge is 0.357 e. The maximum atomic E-state index is 6.00. The van der Waals surface area contributed by atoms with Gasteiger partial charge >= 0.3 is 0 Å². The molecule has 1 aliphatic rings. The first-order valence-corrected chi connectivity index (χ1v) is 8.11. The third kappa shape index (κ3) is 4.10. The third-order valence-electron chi connectivity index (χ3n) is 4.00. The van der Waals surface area contributed by atoms with Crippen molar-refractivity contribution in [2.75, 3.05) is 38.6 Å². The highest BCUT2D eigenvalue weighted by Crippen LogP contribution is 2.24. The Labute approximate surface area is 127 Å². The van der Waals surface area contributed by atoms with E-state index in [1.165, 1.54) is 24.9 Å². The summed E-state index contributed by atoms with van der Waals surface area (Å²) in [7, 11) is 4.32. The lowest BCUT2D eigenvalue weighted by atomic mass is 9.96. The Morgan fingerprint density at radius 3 is 2.55 bits per heavy atom. The van der Waals surface area contributed by atoms with Gasteiger partial charge in [0.1, 0.15) is 5.82 Å². The highest BCUT2D eigenvalue weighted by molar-refractivity contribution is 6.17. The van der Waals surface area contributed by atoms with Crippen LogP contribution in [-0.4, -0.2) is 43.6 Å². The average Bonchev–Trinajstić information content (AvgIpc) is 2.46. The van der Waals surface area contributed by atoms with Crippen molar-refractivity contribution in [3.63, 3.8) is 0 Å². The molecule has 1 aliphatic heterocycles. The number of hydrogen-bond acceptors (Lipinski definition) is 3. The Balaban J connectivity index is 2.02. The van der Waals surface area contributed by atoms with Crippen LogP contribution < -0.4 is 4.90 Å². The molecule has 0 unspecified atom stereocenters. The van der Waals surface area contributed by atoms with Crippen LogP contribution in [0.2, 0.25) is 0 Å². The second-order valence-corrected chi connectivity index (χ2v) is 6.27. The number of piperidine rings is 1. The van der Waals surface area contributed by atoms with Gasteiger partial charge in [0.25, 0.3) is 0 Å². The van der Waals surface area contributed by atoms with E-state index in [9.17, 15) is 0 Å². The van der Waals surface area contributed by atoms with Crippen LogP contribution in [0.4, 0.5) is 5.82 Å². The van der Waals surface area contributed by atoms with Gasteiger partial charge in [-0.2, -0.15) is 0 Å². The van der Waals surface area contributed by atoms with Gasteiger partial charge in [-0.25, -0.2) is 4.98 Å². The van der Waals surface area contributed by atoms with Crippen molar-refractivity contribution in [2.45, 2.75) is 32.1 Å². The van der Waals surface area contributed by atoms with E-state index >= 15 is 0 Å². The molecular weight excluding hydrogens is 270 g/mol. The Bertz CT molecular complexity index is 403. The molecule has 0 N–H and O–H groups in total. The predicted octanol–water partition coefficient (Wildman–Crippen LogP) is 3.16. The first kappa shape index (κ1) is 15.6. The number of aromatic nitrogens is 1. The third-order valence-corrected chi connectivity index (χ3v) is 4.31. The van der Waals surface area contributed by atoms with E-state index in [4.69, 9.17) is 16.6 Å². The molecule has 3 nitrogen and oxygen atoms in total. The van der Waals surface area contributed by atoms with Crippen LogP contribution in [0.5, 0.6) is 0 Å². The molecule has 0 atom stereocenters. The maximum Gasteiger partial charge on any atom is 0.129 e. The summed E-state index contributed by atoms with van der Waals surface area (Å²) in [4.78, 5) is 9.48. The summed E-state index contributed by atoms with van der Waals surface area (Å²) in [6.07, 6.45) is 3.48. The summed E-state index contributed by atoms with van der Waals surface area (Å²) in [6.45, 7) is 5.57. The SMILES string of the molecule is CCc1cc(CCl)cc(N2CCC(CN(C)C)CC2)n1. The minimum atomic E-state index is 0.569. The van der Waals surface area contributed by atoms with Crippen LogP contribution in [0.1, 0.15) is 31.0 Å². The normalized spacial score (nSPS) is 16.9. The van der Waals surface area contributed by atoms with Gasteiger partial charge in [0.15, 0.2) is 0 Å². The fourth-order valence-electron chi connectivity index (χ4n) is 2.91. The van der Waals surface area contributed by atoms with E-state index in [1.807, 2.05) is 0 Å². The van der Waals surface area contributed by atoms with Gasteiger partial charge in [-0.15, -0.1) is 11.6 Å². The van der Waals surface area contributed by atoms with Crippen molar-refractivity contribution < 1.29 is 0 Å². The van der Waals surface area contributed by atoms with Gasteiger partial charge in [-0.3, -0.25) is 0 Å². The molecule has 1 fully saturated rings. The molecule has 4 heteroatoms. The van der Waals surface area contributed by atoms with Gasteiger partial charge in [-0.1, -0.05) is 6.92 Å². The lowest BCUT2D eigenvalue weighted by Gasteiger charge is -2.34. The average molecular weight is 296 g/mol. The molecule has 2 heterocycles. The van der Waals surface area contributed by atoms with Crippen LogP contribution in [0.25, 0.3) is 0 Å². The smallest absolute Gasteiger partial charge is 0.129 e. The summed E-state index contributed by atoms with van der Waals surface area (Å²) < 4.78 is 0. The van der Waals surface area contributed by atoms with Crippen LogP contribution in [-0.2, 0) is 12.3 Å². The van der Waals surface area contributed by atoms with Gasteiger partial charge in [0.2, 0.25) is 0 Å². The Morgan fingerprint density at radius 2 is 2.00 bits per heavy atom. The van der Waals surface area contributed by atoms with Crippen LogP contribution in [0.15, 0.2) is 12.1 Å². The number of aryl methyl sites for hydroxylation is 1. The second-order valence-electron chi connectivity index (χ2n) is 6.00. The van der Waals surface area contributed by atoms with Crippen molar-refractivity contribution in [1.82, 2.24) is 9.88 Å². The summed E-state index contributed by atoms with van der Waals surface area (Å²) in [5.41, 5.74) is 2.33. The van der Waals surface area contributed by atoms with Gasteiger partial charge in [0.05, 0.1) is 0 Å². The number of anilines is 1. The molecule has 0 aromatic carbocycles. The Kier molecular flexibility index (Phi) is 5.67. The summed E-state index contributed by atoms with van der Waals surface area (Å²) >= 11 is 6.00. The molecule has 0 radical (unpaired) electrons. The Hall–Kier alpha value is -0.800. The van der Waals surface area contributed by atoms with Crippen molar-refractivity contribution in [1.29, 1.82) is 0 Å². The molecule has 0 spiro atoms. The van der Waals surface area contributed by atoms with Crippen molar-refractivity contribution in [2.24, 2.45) is 5.92 Å². The molecule has 0 amide bonds. The zero-order valence-electron chi connectivity index (χ0n) is 12.9. The summed E-state index contributed by atoms with van der Waals surface area (Å²) in [5, 5.41) is 0. The molecule has 2 rings (SSSR count). The Morgan fingerprint density at radius 1 is 1.30 bits per heavy atom. The first-order chi connectivity index (χ1) is 9.62. The quantitative estimate of drug-likeness (QED) is 0.778. The standard InChI is InChI=1S/C16H26ClN3/c1-4-15-9-14(11-17)10-16(18-15)20-7-5-13(6-8-20)12-19(2)3/h9-10,13H,4-8,11-12H2,1-3H3. The van der Waals surface area contributed by atoms with Crippen molar-refractivity contribution in [3.8, 4) is 0 Å².